The fourth-order valence-corrected chi connectivity index (χ4v) is 3.99. The molecule has 0 aliphatic carbocycles. The van der Waals surface area contributed by atoms with Crippen molar-refractivity contribution in [3.8, 4) is 11.3 Å². The molecule has 1 fully saturated rings. The Morgan fingerprint density at radius 1 is 1.31 bits per heavy atom. The Balaban J connectivity index is 1.71. The van der Waals surface area contributed by atoms with Crippen LogP contribution in [0.25, 0.3) is 11.3 Å². The molecule has 2 atom stereocenters. The van der Waals surface area contributed by atoms with Crippen LogP contribution in [0.4, 0.5) is 0 Å². The van der Waals surface area contributed by atoms with Crippen LogP contribution < -0.4 is 0 Å². The van der Waals surface area contributed by atoms with Crippen molar-refractivity contribution in [3.05, 3.63) is 41.9 Å². The van der Waals surface area contributed by atoms with Crippen LogP contribution in [-0.2, 0) is 11.2 Å². The summed E-state index contributed by atoms with van der Waals surface area (Å²) in [6.07, 6.45) is 8.93. The van der Waals surface area contributed by atoms with Crippen molar-refractivity contribution < 1.29 is 4.74 Å². The van der Waals surface area contributed by atoms with Gasteiger partial charge in [0, 0.05) is 18.9 Å². The van der Waals surface area contributed by atoms with E-state index in [0.29, 0.717) is 11.3 Å². The van der Waals surface area contributed by atoms with Gasteiger partial charge in [-0.3, -0.25) is 4.90 Å². The van der Waals surface area contributed by atoms with Crippen LogP contribution in [0.5, 0.6) is 0 Å². The van der Waals surface area contributed by atoms with E-state index in [2.05, 4.69) is 47.3 Å². The van der Waals surface area contributed by atoms with Crippen molar-refractivity contribution in [1.29, 1.82) is 0 Å². The van der Waals surface area contributed by atoms with Crippen LogP contribution in [-0.4, -0.2) is 53.2 Å². The maximum Gasteiger partial charge on any atom is 0.123 e. The van der Waals surface area contributed by atoms with Crippen molar-refractivity contribution in [2.24, 2.45) is 0 Å². The Kier molecular flexibility index (Phi) is 7.17. The summed E-state index contributed by atoms with van der Waals surface area (Å²) < 4.78 is 5.15. The van der Waals surface area contributed by atoms with Crippen molar-refractivity contribution in [2.45, 2.75) is 43.9 Å². The van der Waals surface area contributed by atoms with Gasteiger partial charge in [0.1, 0.15) is 5.82 Å². The highest BCUT2D eigenvalue weighted by molar-refractivity contribution is 7.99. The Morgan fingerprint density at radius 2 is 2.12 bits per heavy atom. The number of likely N-dealkylation sites (tertiary alicyclic amines) is 1. The molecule has 1 aromatic carbocycles. The maximum absolute atomic E-state index is 5.15. The first-order valence-corrected chi connectivity index (χ1v) is 10.9. The largest absolute Gasteiger partial charge is 0.384 e. The van der Waals surface area contributed by atoms with Gasteiger partial charge in [-0.05, 0) is 43.2 Å². The predicted octanol–water partition coefficient (Wildman–Crippen LogP) is 4.54. The lowest BCUT2D eigenvalue weighted by molar-refractivity contribution is 0.145. The van der Waals surface area contributed by atoms with Crippen LogP contribution in [0.2, 0.25) is 0 Å². The highest BCUT2D eigenvalue weighted by atomic mass is 32.2. The Morgan fingerprint density at radius 3 is 2.85 bits per heavy atom. The van der Waals surface area contributed by atoms with Crippen molar-refractivity contribution in [1.82, 2.24) is 14.9 Å². The number of hydrogen-bond donors (Lipinski definition) is 1. The molecule has 1 aliphatic heterocycles. The summed E-state index contributed by atoms with van der Waals surface area (Å²) in [4.78, 5) is 11.0. The fraction of sp³-hybridized carbons (Fsp3) is 0.571. The standard InChI is InChI=1S/C21H31N3OS/c1-16(26-3)15-24-12-5-4-6-20(24)21-22-14-19(23-21)18-9-7-17(8-10-18)11-13-25-2/h7-10,14,16,20H,4-6,11-13,15H2,1-3H3,(H,22,23). The summed E-state index contributed by atoms with van der Waals surface area (Å²) in [6.45, 7) is 5.39. The van der Waals surface area contributed by atoms with Gasteiger partial charge >= 0.3 is 0 Å². The molecule has 0 amide bonds. The summed E-state index contributed by atoms with van der Waals surface area (Å²) in [5.74, 6) is 1.12. The summed E-state index contributed by atoms with van der Waals surface area (Å²) in [7, 11) is 1.75. The molecule has 0 radical (unpaired) electrons. The average Bonchev–Trinajstić information content (AvgIpc) is 3.17. The van der Waals surface area contributed by atoms with Crippen molar-refractivity contribution in [3.63, 3.8) is 0 Å². The zero-order chi connectivity index (χ0) is 18.4. The second-order valence-corrected chi connectivity index (χ2v) is 8.45. The number of ether oxygens (including phenoxy) is 1. The van der Waals surface area contributed by atoms with Gasteiger partial charge < -0.3 is 9.72 Å². The van der Waals surface area contributed by atoms with E-state index < -0.39 is 0 Å². The number of rotatable bonds is 8. The van der Waals surface area contributed by atoms with E-state index in [0.717, 1.165) is 31.1 Å². The van der Waals surface area contributed by atoms with E-state index in [-0.39, 0.29) is 0 Å². The number of imidazole rings is 1. The summed E-state index contributed by atoms with van der Waals surface area (Å²) in [6, 6.07) is 9.14. The molecular weight excluding hydrogens is 342 g/mol. The summed E-state index contributed by atoms with van der Waals surface area (Å²) in [5.41, 5.74) is 3.62. The summed E-state index contributed by atoms with van der Waals surface area (Å²) in [5, 5.41) is 0.657. The molecule has 2 unspecified atom stereocenters. The molecule has 0 bridgehead atoms. The third kappa shape index (κ3) is 4.90. The molecule has 0 spiro atoms. The van der Waals surface area contributed by atoms with Crippen LogP contribution in [0, 0.1) is 0 Å². The number of aromatic nitrogens is 2. The first-order chi connectivity index (χ1) is 12.7. The summed E-state index contributed by atoms with van der Waals surface area (Å²) >= 11 is 1.94. The molecule has 2 heterocycles. The average molecular weight is 374 g/mol. The molecule has 1 N–H and O–H groups in total. The van der Waals surface area contributed by atoms with Gasteiger partial charge in [-0.25, -0.2) is 4.98 Å². The third-order valence-electron chi connectivity index (χ3n) is 5.28. The van der Waals surface area contributed by atoms with Crippen LogP contribution in [0.1, 0.15) is 43.6 Å². The van der Waals surface area contributed by atoms with Crippen molar-refractivity contribution in [2.75, 3.05) is 33.1 Å². The lowest BCUT2D eigenvalue weighted by Gasteiger charge is -2.35. The number of thioether (sulfide) groups is 1. The third-order valence-corrected chi connectivity index (χ3v) is 6.23. The van der Waals surface area contributed by atoms with Crippen LogP contribution >= 0.6 is 11.8 Å². The fourth-order valence-electron chi connectivity index (χ4n) is 3.65. The molecule has 0 saturated carbocycles. The lowest BCUT2D eigenvalue weighted by atomic mass is 10.0. The number of benzene rings is 1. The monoisotopic (exact) mass is 373 g/mol. The van der Waals surface area contributed by atoms with E-state index in [1.54, 1.807) is 7.11 Å². The SMILES string of the molecule is COCCc1ccc(-c2cnc(C3CCCCN3CC(C)SC)[nH]2)cc1. The van der Waals surface area contributed by atoms with Gasteiger partial charge in [0.15, 0.2) is 0 Å². The van der Waals surface area contributed by atoms with Gasteiger partial charge in [-0.2, -0.15) is 11.8 Å². The van der Waals surface area contributed by atoms with Gasteiger partial charge in [0.25, 0.3) is 0 Å². The van der Waals surface area contributed by atoms with E-state index in [1.807, 2.05) is 18.0 Å². The quantitative estimate of drug-likeness (QED) is 0.737. The highest BCUT2D eigenvalue weighted by Crippen LogP contribution is 2.31. The van der Waals surface area contributed by atoms with Crippen LogP contribution in [0.3, 0.4) is 0 Å². The topological polar surface area (TPSA) is 41.1 Å². The molecule has 3 rings (SSSR count). The predicted molar refractivity (Wildman–Crippen MR) is 111 cm³/mol. The van der Waals surface area contributed by atoms with Gasteiger partial charge in [0.2, 0.25) is 0 Å². The number of methoxy groups -OCH3 is 1. The normalized spacial score (nSPS) is 19.6. The van der Waals surface area contributed by atoms with Crippen LogP contribution in [0.15, 0.2) is 30.5 Å². The van der Waals surface area contributed by atoms with E-state index in [1.165, 1.54) is 36.9 Å². The Bertz CT molecular complexity index is 670. The first kappa shape index (κ1) is 19.5. The molecule has 5 heteroatoms. The smallest absolute Gasteiger partial charge is 0.123 e. The zero-order valence-corrected chi connectivity index (χ0v) is 17.0. The number of aromatic amines is 1. The molecule has 26 heavy (non-hydrogen) atoms. The highest BCUT2D eigenvalue weighted by Gasteiger charge is 2.27. The van der Waals surface area contributed by atoms with Gasteiger partial charge in [0.05, 0.1) is 24.5 Å². The first-order valence-electron chi connectivity index (χ1n) is 9.61. The van der Waals surface area contributed by atoms with Gasteiger partial charge in [-0.1, -0.05) is 37.6 Å². The minimum Gasteiger partial charge on any atom is -0.384 e. The van der Waals surface area contributed by atoms with Crippen molar-refractivity contribution >= 4 is 11.8 Å². The number of hydrogen-bond acceptors (Lipinski definition) is 4. The molecule has 1 saturated heterocycles. The molecule has 1 aliphatic rings. The molecule has 2 aromatic rings. The molecule has 4 nitrogen and oxygen atoms in total. The van der Waals surface area contributed by atoms with Gasteiger partial charge in [-0.15, -0.1) is 0 Å². The maximum atomic E-state index is 5.15. The zero-order valence-electron chi connectivity index (χ0n) is 16.2. The number of piperidine rings is 1. The second kappa shape index (κ2) is 9.58. The Hall–Kier alpha value is -1.30. The molecule has 1 aromatic heterocycles. The molecular formula is C21H31N3OS. The van der Waals surface area contributed by atoms with E-state index in [9.17, 15) is 0 Å². The second-order valence-electron chi connectivity index (χ2n) is 7.17. The number of nitrogens with one attached hydrogen (secondary N) is 1. The number of nitrogens with zero attached hydrogens (tertiary/aromatic N) is 2. The minimum absolute atomic E-state index is 0.424. The minimum atomic E-state index is 0.424. The molecule has 142 valence electrons. The van der Waals surface area contributed by atoms with E-state index in [4.69, 9.17) is 9.72 Å². The Labute approximate surface area is 161 Å². The number of H-pyrrole nitrogens is 1. The van der Waals surface area contributed by atoms with E-state index >= 15 is 0 Å². The lowest BCUT2D eigenvalue weighted by Crippen LogP contribution is -2.37.